The maximum absolute atomic E-state index is 10.9. The Bertz CT molecular complexity index is 460. The van der Waals surface area contributed by atoms with Crippen LogP contribution in [0, 0.1) is 0 Å². The van der Waals surface area contributed by atoms with E-state index in [0.29, 0.717) is 5.75 Å². The lowest BCUT2D eigenvalue weighted by Crippen LogP contribution is -2.05. The van der Waals surface area contributed by atoms with E-state index >= 15 is 0 Å². The fraction of sp³-hybridized carbons (Fsp3) is 0.400. The van der Waals surface area contributed by atoms with E-state index in [2.05, 4.69) is 15.9 Å². The van der Waals surface area contributed by atoms with Crippen molar-refractivity contribution in [3.63, 3.8) is 0 Å². The van der Waals surface area contributed by atoms with Crippen molar-refractivity contribution in [3.8, 4) is 0 Å². The number of nitrogens with two attached hydrogens (primary N) is 1. The van der Waals surface area contributed by atoms with E-state index in [9.17, 15) is 8.42 Å². The highest BCUT2D eigenvalue weighted by atomic mass is 79.9. The Hall–Kier alpha value is -0.200. The van der Waals surface area contributed by atoms with Crippen LogP contribution < -0.4 is 5.73 Å². The summed E-state index contributed by atoms with van der Waals surface area (Å²) in [5, 5.41) is 0. The van der Waals surface area contributed by atoms with Gasteiger partial charge < -0.3 is 5.73 Å². The van der Waals surface area contributed by atoms with Crippen LogP contribution in [0.5, 0.6) is 0 Å². The Balaban J connectivity index is 2.43. The minimum absolute atomic E-state index is 0.216. The first kappa shape index (κ1) is 13.9. The van der Waals surface area contributed by atoms with E-state index in [0.717, 1.165) is 21.5 Å². The van der Waals surface area contributed by atoms with Gasteiger partial charge in [-0.3, -0.25) is 0 Å². The molecule has 0 saturated carbocycles. The first-order valence-corrected chi connectivity index (χ1v) is 8.69. The highest BCUT2D eigenvalue weighted by molar-refractivity contribution is 9.10. The van der Waals surface area contributed by atoms with E-state index < -0.39 is 9.84 Å². The lowest BCUT2D eigenvalue weighted by Gasteiger charge is -2.05. The summed E-state index contributed by atoms with van der Waals surface area (Å²) in [7, 11) is -2.85. The van der Waals surface area contributed by atoms with Crippen LogP contribution >= 0.6 is 27.7 Å². The predicted octanol–water partition coefficient (Wildman–Crippen LogP) is 2.31. The summed E-state index contributed by atoms with van der Waals surface area (Å²) in [5.41, 5.74) is 7.61. The maximum Gasteiger partial charge on any atom is 0.148 e. The molecule has 0 aromatic heterocycles. The highest BCUT2D eigenvalue weighted by Gasteiger charge is 2.03. The van der Waals surface area contributed by atoms with Crippen molar-refractivity contribution < 1.29 is 8.42 Å². The lowest BCUT2D eigenvalue weighted by molar-refractivity contribution is 0.603. The SMILES string of the molecule is CS(=O)(=O)CCSCc1ccc(Br)cc1N. The molecule has 0 atom stereocenters. The molecule has 2 N–H and O–H groups in total. The molecule has 90 valence electrons. The van der Waals surface area contributed by atoms with Crippen molar-refractivity contribution >= 4 is 43.2 Å². The standard InChI is InChI=1S/C10H14BrNO2S2/c1-16(13,14)5-4-15-7-8-2-3-9(11)6-10(8)12/h2-3,6H,4-5,7,12H2,1H3. The third kappa shape index (κ3) is 5.23. The van der Waals surface area contributed by atoms with Gasteiger partial charge in [0.25, 0.3) is 0 Å². The zero-order valence-corrected chi connectivity index (χ0v) is 12.2. The molecule has 0 radical (unpaired) electrons. The van der Waals surface area contributed by atoms with Crippen LogP contribution in [0.2, 0.25) is 0 Å². The monoisotopic (exact) mass is 323 g/mol. The molecule has 0 aliphatic rings. The molecule has 0 saturated heterocycles. The maximum atomic E-state index is 10.9. The fourth-order valence-corrected chi connectivity index (χ4v) is 3.78. The van der Waals surface area contributed by atoms with Crippen molar-refractivity contribution in [1.82, 2.24) is 0 Å². The topological polar surface area (TPSA) is 60.2 Å². The normalized spacial score (nSPS) is 11.6. The van der Waals surface area contributed by atoms with Crippen molar-refractivity contribution in [1.29, 1.82) is 0 Å². The van der Waals surface area contributed by atoms with Crippen LogP contribution in [-0.2, 0) is 15.6 Å². The van der Waals surface area contributed by atoms with Gasteiger partial charge in [-0.05, 0) is 17.7 Å². The summed E-state index contributed by atoms with van der Waals surface area (Å²) in [6.45, 7) is 0. The second-order valence-electron chi connectivity index (χ2n) is 3.53. The molecule has 1 rings (SSSR count). The van der Waals surface area contributed by atoms with Crippen molar-refractivity contribution in [2.24, 2.45) is 0 Å². The van der Waals surface area contributed by atoms with Gasteiger partial charge in [0.15, 0.2) is 0 Å². The number of anilines is 1. The van der Waals surface area contributed by atoms with Crippen LogP contribution in [0.4, 0.5) is 5.69 Å². The molecule has 0 heterocycles. The molecular weight excluding hydrogens is 310 g/mol. The molecule has 6 heteroatoms. The summed E-state index contributed by atoms with van der Waals surface area (Å²) >= 11 is 4.92. The average molecular weight is 324 g/mol. The molecule has 16 heavy (non-hydrogen) atoms. The van der Waals surface area contributed by atoms with E-state index in [1.54, 1.807) is 11.8 Å². The molecule has 0 aliphatic heterocycles. The number of rotatable bonds is 5. The van der Waals surface area contributed by atoms with Gasteiger partial charge in [-0.25, -0.2) is 8.42 Å². The number of halogens is 1. The minimum atomic E-state index is -2.85. The third-order valence-corrected chi connectivity index (χ3v) is 4.67. The largest absolute Gasteiger partial charge is 0.398 e. The molecule has 3 nitrogen and oxygen atoms in total. The van der Waals surface area contributed by atoms with Crippen molar-refractivity contribution in [3.05, 3.63) is 28.2 Å². The lowest BCUT2D eigenvalue weighted by atomic mass is 10.2. The number of hydrogen-bond acceptors (Lipinski definition) is 4. The van der Waals surface area contributed by atoms with Gasteiger partial charge in [0, 0.05) is 27.9 Å². The first-order valence-electron chi connectivity index (χ1n) is 4.68. The number of nitrogen functional groups attached to an aromatic ring is 1. The molecular formula is C10H14BrNO2S2. The zero-order valence-electron chi connectivity index (χ0n) is 8.94. The number of benzene rings is 1. The molecule has 0 aliphatic carbocycles. The van der Waals surface area contributed by atoms with Gasteiger partial charge in [-0.2, -0.15) is 11.8 Å². The smallest absolute Gasteiger partial charge is 0.148 e. The number of thioether (sulfide) groups is 1. The Kier molecular flexibility index (Phi) is 5.14. The quantitative estimate of drug-likeness (QED) is 0.667. The van der Waals surface area contributed by atoms with E-state index in [1.165, 1.54) is 6.26 Å². The summed E-state index contributed by atoms with van der Waals surface area (Å²) in [6.07, 6.45) is 1.25. The molecule has 0 amide bonds. The molecule has 0 fully saturated rings. The second kappa shape index (κ2) is 5.93. The van der Waals surface area contributed by atoms with E-state index in [1.807, 2.05) is 18.2 Å². The Morgan fingerprint density at radius 2 is 2.12 bits per heavy atom. The second-order valence-corrected chi connectivity index (χ2v) is 7.81. The summed E-state index contributed by atoms with van der Waals surface area (Å²) in [5.74, 6) is 1.57. The summed E-state index contributed by atoms with van der Waals surface area (Å²) in [4.78, 5) is 0. The van der Waals surface area contributed by atoms with Crippen molar-refractivity contribution in [2.45, 2.75) is 5.75 Å². The van der Waals surface area contributed by atoms with Gasteiger partial charge in [0.05, 0.1) is 5.75 Å². The zero-order chi connectivity index (χ0) is 12.2. The minimum Gasteiger partial charge on any atom is -0.398 e. The van der Waals surface area contributed by atoms with Crippen LogP contribution in [0.25, 0.3) is 0 Å². The van der Waals surface area contributed by atoms with E-state index in [-0.39, 0.29) is 5.75 Å². The van der Waals surface area contributed by atoms with Gasteiger partial charge in [0.1, 0.15) is 9.84 Å². The van der Waals surface area contributed by atoms with Gasteiger partial charge in [0.2, 0.25) is 0 Å². The highest BCUT2D eigenvalue weighted by Crippen LogP contribution is 2.22. The number of sulfone groups is 1. The third-order valence-electron chi connectivity index (χ3n) is 1.96. The van der Waals surface area contributed by atoms with Crippen LogP contribution in [0.1, 0.15) is 5.56 Å². The average Bonchev–Trinajstić information content (AvgIpc) is 2.13. The van der Waals surface area contributed by atoms with Gasteiger partial charge >= 0.3 is 0 Å². The summed E-state index contributed by atoms with van der Waals surface area (Å²) < 4.78 is 22.8. The fourth-order valence-electron chi connectivity index (χ4n) is 1.09. The van der Waals surface area contributed by atoms with Crippen LogP contribution in [0.15, 0.2) is 22.7 Å². The molecule has 1 aromatic carbocycles. The first-order chi connectivity index (χ1) is 7.38. The van der Waals surface area contributed by atoms with Gasteiger partial charge in [-0.15, -0.1) is 0 Å². The molecule has 0 spiro atoms. The van der Waals surface area contributed by atoms with Crippen LogP contribution in [0.3, 0.4) is 0 Å². The summed E-state index contributed by atoms with van der Waals surface area (Å²) in [6, 6.07) is 5.74. The Labute approximate surface area is 109 Å². The Morgan fingerprint density at radius 3 is 2.69 bits per heavy atom. The molecule has 0 unspecified atom stereocenters. The van der Waals surface area contributed by atoms with E-state index in [4.69, 9.17) is 5.73 Å². The molecule has 0 bridgehead atoms. The van der Waals surface area contributed by atoms with Crippen LogP contribution in [-0.4, -0.2) is 26.2 Å². The van der Waals surface area contributed by atoms with Gasteiger partial charge in [-0.1, -0.05) is 22.0 Å². The number of hydrogen-bond donors (Lipinski definition) is 1. The molecule has 1 aromatic rings. The van der Waals surface area contributed by atoms with Crippen molar-refractivity contribution in [2.75, 3.05) is 23.5 Å². The Morgan fingerprint density at radius 1 is 1.44 bits per heavy atom. The predicted molar refractivity (Wildman–Crippen MR) is 74.4 cm³/mol.